The summed E-state index contributed by atoms with van der Waals surface area (Å²) in [4.78, 5) is 2.61. The van der Waals surface area contributed by atoms with Crippen molar-refractivity contribution in [1.82, 2.24) is 4.90 Å². The van der Waals surface area contributed by atoms with E-state index in [1.54, 1.807) is 0 Å². The Bertz CT molecular complexity index is 323. The second-order valence-corrected chi connectivity index (χ2v) is 5.16. The Hall–Kier alpha value is -0.860. The Morgan fingerprint density at radius 2 is 2.06 bits per heavy atom. The van der Waals surface area contributed by atoms with Gasteiger partial charge in [0.05, 0.1) is 0 Å². The number of rotatable bonds is 4. The minimum Gasteiger partial charge on any atom is -0.329 e. The lowest BCUT2D eigenvalue weighted by atomic mass is 9.97. The third-order valence-corrected chi connectivity index (χ3v) is 3.88. The van der Waals surface area contributed by atoms with Crippen molar-refractivity contribution in [3.8, 4) is 0 Å². The van der Waals surface area contributed by atoms with Crippen LogP contribution in [-0.2, 0) is 6.42 Å². The van der Waals surface area contributed by atoms with Crippen LogP contribution in [0.15, 0.2) is 30.3 Å². The summed E-state index contributed by atoms with van der Waals surface area (Å²) in [6.07, 6.45) is 5.08. The average molecular weight is 232 g/mol. The van der Waals surface area contributed by atoms with E-state index in [0.29, 0.717) is 12.1 Å². The Morgan fingerprint density at radius 3 is 2.76 bits per heavy atom. The molecule has 17 heavy (non-hydrogen) atoms. The summed E-state index contributed by atoms with van der Waals surface area (Å²) < 4.78 is 0. The van der Waals surface area contributed by atoms with E-state index in [-0.39, 0.29) is 0 Å². The summed E-state index contributed by atoms with van der Waals surface area (Å²) in [5.74, 6) is 0. The van der Waals surface area contributed by atoms with Crippen LogP contribution in [0.5, 0.6) is 0 Å². The second kappa shape index (κ2) is 6.18. The first kappa shape index (κ1) is 12.6. The van der Waals surface area contributed by atoms with Crippen molar-refractivity contribution in [2.75, 3.05) is 13.1 Å². The van der Waals surface area contributed by atoms with Gasteiger partial charge in [0.2, 0.25) is 0 Å². The third kappa shape index (κ3) is 3.30. The van der Waals surface area contributed by atoms with Gasteiger partial charge in [-0.1, -0.05) is 36.8 Å². The van der Waals surface area contributed by atoms with Crippen LogP contribution in [0.3, 0.4) is 0 Å². The number of likely N-dealkylation sites (tertiary alicyclic amines) is 1. The van der Waals surface area contributed by atoms with E-state index in [1.807, 2.05) is 0 Å². The molecule has 0 radical (unpaired) electrons. The minimum absolute atomic E-state index is 0.600. The fourth-order valence-electron chi connectivity index (χ4n) is 2.93. The molecule has 0 spiro atoms. The molecule has 0 saturated carbocycles. The molecule has 2 unspecified atom stereocenters. The van der Waals surface area contributed by atoms with Crippen LogP contribution in [-0.4, -0.2) is 30.1 Å². The average Bonchev–Trinajstić information content (AvgIpc) is 2.40. The summed E-state index contributed by atoms with van der Waals surface area (Å²) in [5, 5.41) is 0. The molecule has 1 heterocycles. The van der Waals surface area contributed by atoms with Gasteiger partial charge < -0.3 is 5.73 Å². The van der Waals surface area contributed by atoms with Gasteiger partial charge in [0, 0.05) is 18.6 Å². The quantitative estimate of drug-likeness (QED) is 0.864. The monoisotopic (exact) mass is 232 g/mol. The number of nitrogens with two attached hydrogens (primary N) is 1. The molecule has 0 aliphatic carbocycles. The fraction of sp³-hybridized carbons (Fsp3) is 0.600. The Balaban J connectivity index is 1.96. The molecule has 0 aromatic heterocycles. The van der Waals surface area contributed by atoms with E-state index in [9.17, 15) is 0 Å². The molecule has 0 amide bonds. The van der Waals surface area contributed by atoms with Gasteiger partial charge in [-0.25, -0.2) is 0 Å². The molecule has 2 N–H and O–H groups in total. The van der Waals surface area contributed by atoms with E-state index in [0.717, 1.165) is 13.0 Å². The van der Waals surface area contributed by atoms with Gasteiger partial charge in [0.15, 0.2) is 0 Å². The topological polar surface area (TPSA) is 29.3 Å². The lowest BCUT2D eigenvalue weighted by molar-refractivity contribution is 0.107. The summed E-state index contributed by atoms with van der Waals surface area (Å²) in [6, 6.07) is 12.0. The van der Waals surface area contributed by atoms with Gasteiger partial charge in [-0.2, -0.15) is 0 Å². The highest BCUT2D eigenvalue weighted by atomic mass is 15.2. The van der Waals surface area contributed by atoms with E-state index in [4.69, 9.17) is 5.73 Å². The van der Waals surface area contributed by atoms with Gasteiger partial charge in [0.25, 0.3) is 0 Å². The highest BCUT2D eigenvalue weighted by molar-refractivity contribution is 5.15. The molecule has 1 fully saturated rings. The van der Waals surface area contributed by atoms with Crippen molar-refractivity contribution in [2.45, 2.75) is 44.7 Å². The minimum atomic E-state index is 0.600. The highest BCUT2D eigenvalue weighted by Gasteiger charge is 2.25. The Labute approximate surface area is 105 Å². The second-order valence-electron chi connectivity index (χ2n) is 5.16. The van der Waals surface area contributed by atoms with Crippen LogP contribution >= 0.6 is 0 Å². The fourth-order valence-corrected chi connectivity index (χ4v) is 2.93. The maximum absolute atomic E-state index is 5.88. The van der Waals surface area contributed by atoms with Gasteiger partial charge in [-0.3, -0.25) is 4.90 Å². The lowest BCUT2D eigenvalue weighted by Crippen LogP contribution is -2.49. The van der Waals surface area contributed by atoms with E-state index < -0.39 is 0 Å². The first-order chi connectivity index (χ1) is 8.31. The molecule has 2 nitrogen and oxygen atoms in total. The summed E-state index contributed by atoms with van der Waals surface area (Å²) >= 11 is 0. The summed E-state index contributed by atoms with van der Waals surface area (Å²) in [6.45, 7) is 4.36. The van der Waals surface area contributed by atoms with E-state index in [2.05, 4.69) is 42.2 Å². The normalized spacial score (nSPS) is 23.5. The molecule has 0 bridgehead atoms. The maximum atomic E-state index is 5.88. The standard InChI is InChI=1S/C15H24N2/c1-13(11-14-7-3-2-4-8-14)17-10-6-5-9-15(17)12-16/h2-4,7-8,13,15H,5-6,9-12,16H2,1H3. The third-order valence-electron chi connectivity index (χ3n) is 3.88. The molecule has 1 saturated heterocycles. The molecule has 2 heteroatoms. The molecular formula is C15H24N2. The van der Waals surface area contributed by atoms with Crippen LogP contribution in [0.25, 0.3) is 0 Å². The van der Waals surface area contributed by atoms with Crippen LogP contribution in [0.4, 0.5) is 0 Å². The summed E-state index contributed by atoms with van der Waals surface area (Å²) in [7, 11) is 0. The van der Waals surface area contributed by atoms with Crippen LogP contribution in [0, 0.1) is 0 Å². The molecular weight excluding hydrogens is 208 g/mol. The molecule has 2 rings (SSSR count). The maximum Gasteiger partial charge on any atom is 0.0221 e. The molecule has 1 aromatic rings. The molecule has 1 aliphatic heterocycles. The van der Waals surface area contributed by atoms with Crippen molar-refractivity contribution in [2.24, 2.45) is 5.73 Å². The smallest absolute Gasteiger partial charge is 0.0221 e. The number of benzene rings is 1. The van der Waals surface area contributed by atoms with Crippen LogP contribution in [0.2, 0.25) is 0 Å². The first-order valence-corrected chi connectivity index (χ1v) is 6.81. The first-order valence-electron chi connectivity index (χ1n) is 6.81. The molecule has 1 aliphatic rings. The predicted molar refractivity (Wildman–Crippen MR) is 73.0 cm³/mol. The number of nitrogens with zero attached hydrogens (tertiary/aromatic N) is 1. The van der Waals surface area contributed by atoms with Crippen LogP contribution < -0.4 is 5.73 Å². The SMILES string of the molecule is CC(Cc1ccccc1)N1CCCCC1CN. The van der Waals surface area contributed by atoms with Gasteiger partial charge >= 0.3 is 0 Å². The van der Waals surface area contributed by atoms with E-state index in [1.165, 1.54) is 31.4 Å². The van der Waals surface area contributed by atoms with Crippen molar-refractivity contribution >= 4 is 0 Å². The molecule has 94 valence electrons. The zero-order chi connectivity index (χ0) is 12.1. The summed E-state index contributed by atoms with van der Waals surface area (Å²) in [5.41, 5.74) is 7.31. The highest BCUT2D eigenvalue weighted by Crippen LogP contribution is 2.20. The number of hydrogen-bond donors (Lipinski definition) is 1. The van der Waals surface area contributed by atoms with Crippen molar-refractivity contribution in [3.05, 3.63) is 35.9 Å². The molecule has 2 atom stereocenters. The van der Waals surface area contributed by atoms with Crippen LogP contribution in [0.1, 0.15) is 31.7 Å². The predicted octanol–water partition coefficient (Wildman–Crippen LogP) is 2.43. The van der Waals surface area contributed by atoms with Gasteiger partial charge in [-0.05, 0) is 38.3 Å². The van der Waals surface area contributed by atoms with Gasteiger partial charge in [0.1, 0.15) is 0 Å². The number of piperidine rings is 1. The zero-order valence-corrected chi connectivity index (χ0v) is 10.8. The Morgan fingerprint density at radius 1 is 1.29 bits per heavy atom. The van der Waals surface area contributed by atoms with Gasteiger partial charge in [-0.15, -0.1) is 0 Å². The zero-order valence-electron chi connectivity index (χ0n) is 10.8. The Kier molecular flexibility index (Phi) is 4.57. The van der Waals surface area contributed by atoms with Crippen molar-refractivity contribution in [3.63, 3.8) is 0 Å². The lowest BCUT2D eigenvalue weighted by Gasteiger charge is -2.39. The largest absolute Gasteiger partial charge is 0.329 e. The van der Waals surface area contributed by atoms with E-state index >= 15 is 0 Å². The molecule has 1 aromatic carbocycles. The van der Waals surface area contributed by atoms with Crippen molar-refractivity contribution < 1.29 is 0 Å². The number of hydrogen-bond acceptors (Lipinski definition) is 2. The van der Waals surface area contributed by atoms with Crippen molar-refractivity contribution in [1.29, 1.82) is 0 Å².